The zero-order valence-electron chi connectivity index (χ0n) is 12.9. The van der Waals surface area contributed by atoms with E-state index < -0.39 is 5.60 Å². The Labute approximate surface area is 118 Å². The first-order valence-corrected chi connectivity index (χ1v) is 8.11. The minimum Gasteiger partial charge on any atom is -0.389 e. The van der Waals surface area contributed by atoms with Crippen molar-refractivity contribution in [1.82, 2.24) is 5.32 Å². The molecule has 0 saturated heterocycles. The maximum atomic E-state index is 10.2. The standard InChI is InChI=1S/C16H31NO2/c1-4-15(3,18)12-17-13-11-14(19-5-2)16(13)9-7-6-8-10-16/h13-14,17-18H,4-12H2,1-3H3. The summed E-state index contributed by atoms with van der Waals surface area (Å²) in [5, 5.41) is 13.8. The van der Waals surface area contributed by atoms with Crippen LogP contribution in [0.1, 0.15) is 65.7 Å². The van der Waals surface area contributed by atoms with Crippen molar-refractivity contribution in [3.8, 4) is 0 Å². The van der Waals surface area contributed by atoms with Crippen molar-refractivity contribution >= 4 is 0 Å². The van der Waals surface area contributed by atoms with Crippen LogP contribution in [0.25, 0.3) is 0 Å². The molecular formula is C16H31NO2. The Hall–Kier alpha value is -0.120. The van der Waals surface area contributed by atoms with Crippen molar-refractivity contribution < 1.29 is 9.84 Å². The van der Waals surface area contributed by atoms with Gasteiger partial charge in [0.25, 0.3) is 0 Å². The molecule has 2 aliphatic carbocycles. The van der Waals surface area contributed by atoms with Crippen LogP contribution in [0, 0.1) is 5.41 Å². The van der Waals surface area contributed by atoms with E-state index in [2.05, 4.69) is 12.2 Å². The van der Waals surface area contributed by atoms with Gasteiger partial charge < -0.3 is 15.2 Å². The Morgan fingerprint density at radius 1 is 1.26 bits per heavy atom. The normalized spacial score (nSPS) is 32.8. The molecule has 0 aliphatic heterocycles. The lowest BCUT2D eigenvalue weighted by atomic mass is 9.55. The summed E-state index contributed by atoms with van der Waals surface area (Å²) in [4.78, 5) is 0. The van der Waals surface area contributed by atoms with Gasteiger partial charge in [-0.05, 0) is 39.5 Å². The predicted octanol–water partition coefficient (Wildman–Crippen LogP) is 2.86. The first-order valence-electron chi connectivity index (χ1n) is 8.11. The van der Waals surface area contributed by atoms with E-state index in [1.807, 2.05) is 13.8 Å². The van der Waals surface area contributed by atoms with Crippen LogP contribution in [0.3, 0.4) is 0 Å². The molecule has 0 amide bonds. The summed E-state index contributed by atoms with van der Waals surface area (Å²) in [5.74, 6) is 0. The fourth-order valence-corrected chi connectivity index (χ4v) is 3.82. The Kier molecular flexibility index (Phi) is 4.91. The molecule has 2 fully saturated rings. The van der Waals surface area contributed by atoms with Gasteiger partial charge in [-0.25, -0.2) is 0 Å². The van der Waals surface area contributed by atoms with Crippen LogP contribution < -0.4 is 5.32 Å². The average Bonchev–Trinajstić information content (AvgIpc) is 2.43. The summed E-state index contributed by atoms with van der Waals surface area (Å²) in [5.41, 5.74) is -0.218. The van der Waals surface area contributed by atoms with Crippen LogP contribution in [-0.4, -0.2) is 36.0 Å². The molecule has 3 heteroatoms. The molecule has 19 heavy (non-hydrogen) atoms. The number of rotatable bonds is 6. The Balaban J connectivity index is 1.93. The molecule has 2 saturated carbocycles. The second-order valence-electron chi connectivity index (χ2n) is 6.76. The molecule has 0 aromatic carbocycles. The lowest BCUT2D eigenvalue weighted by Gasteiger charge is -2.58. The van der Waals surface area contributed by atoms with E-state index in [4.69, 9.17) is 4.74 Å². The highest BCUT2D eigenvalue weighted by atomic mass is 16.5. The van der Waals surface area contributed by atoms with Crippen molar-refractivity contribution in [2.24, 2.45) is 5.41 Å². The summed E-state index contributed by atoms with van der Waals surface area (Å²) in [6.45, 7) is 7.59. The topological polar surface area (TPSA) is 41.5 Å². The van der Waals surface area contributed by atoms with Crippen molar-refractivity contribution in [3.05, 3.63) is 0 Å². The molecule has 0 aromatic heterocycles. The van der Waals surface area contributed by atoms with Crippen molar-refractivity contribution in [1.29, 1.82) is 0 Å². The maximum Gasteiger partial charge on any atom is 0.0741 e. The smallest absolute Gasteiger partial charge is 0.0741 e. The van der Waals surface area contributed by atoms with Gasteiger partial charge in [0.1, 0.15) is 0 Å². The largest absolute Gasteiger partial charge is 0.389 e. The highest BCUT2D eigenvalue weighted by Crippen LogP contribution is 2.53. The van der Waals surface area contributed by atoms with Gasteiger partial charge in [0.05, 0.1) is 11.7 Å². The third kappa shape index (κ3) is 3.14. The van der Waals surface area contributed by atoms with Crippen LogP contribution in [0.15, 0.2) is 0 Å². The van der Waals surface area contributed by atoms with Crippen LogP contribution in [-0.2, 0) is 4.74 Å². The van der Waals surface area contributed by atoms with E-state index >= 15 is 0 Å². The van der Waals surface area contributed by atoms with Gasteiger partial charge in [-0.2, -0.15) is 0 Å². The summed E-state index contributed by atoms with van der Waals surface area (Å²) >= 11 is 0. The molecule has 2 aliphatic rings. The second kappa shape index (κ2) is 6.11. The summed E-state index contributed by atoms with van der Waals surface area (Å²) in [6, 6.07) is 0.544. The third-order valence-electron chi connectivity index (χ3n) is 5.43. The minimum absolute atomic E-state index is 0.359. The van der Waals surface area contributed by atoms with Crippen LogP contribution in [0.2, 0.25) is 0 Å². The number of aliphatic hydroxyl groups is 1. The van der Waals surface area contributed by atoms with E-state index in [9.17, 15) is 5.11 Å². The molecule has 3 unspecified atom stereocenters. The number of hydrogen-bond donors (Lipinski definition) is 2. The lowest BCUT2D eigenvalue weighted by Crippen LogP contribution is -2.65. The Morgan fingerprint density at radius 3 is 2.53 bits per heavy atom. The zero-order valence-corrected chi connectivity index (χ0v) is 12.9. The summed E-state index contributed by atoms with van der Waals surface area (Å²) < 4.78 is 5.96. The van der Waals surface area contributed by atoms with Gasteiger partial charge in [-0.3, -0.25) is 0 Å². The molecule has 1 spiro atoms. The molecule has 2 rings (SSSR count). The molecule has 0 heterocycles. The molecule has 0 aromatic rings. The fourth-order valence-electron chi connectivity index (χ4n) is 3.82. The Morgan fingerprint density at radius 2 is 1.95 bits per heavy atom. The quantitative estimate of drug-likeness (QED) is 0.779. The van der Waals surface area contributed by atoms with Crippen LogP contribution in [0.4, 0.5) is 0 Å². The van der Waals surface area contributed by atoms with E-state index in [1.165, 1.54) is 32.1 Å². The number of ether oxygens (including phenoxy) is 1. The highest BCUT2D eigenvalue weighted by Gasteiger charge is 2.55. The third-order valence-corrected chi connectivity index (χ3v) is 5.43. The van der Waals surface area contributed by atoms with Crippen molar-refractivity contribution in [2.45, 2.75) is 83.5 Å². The molecule has 0 radical (unpaired) electrons. The second-order valence-corrected chi connectivity index (χ2v) is 6.76. The number of hydrogen-bond acceptors (Lipinski definition) is 3. The molecular weight excluding hydrogens is 238 g/mol. The van der Waals surface area contributed by atoms with Crippen molar-refractivity contribution in [3.63, 3.8) is 0 Å². The molecule has 0 bridgehead atoms. The van der Waals surface area contributed by atoms with E-state index in [0.29, 0.717) is 24.1 Å². The van der Waals surface area contributed by atoms with Crippen LogP contribution >= 0.6 is 0 Å². The van der Waals surface area contributed by atoms with E-state index in [0.717, 1.165) is 19.4 Å². The predicted molar refractivity (Wildman–Crippen MR) is 78.3 cm³/mol. The first-order chi connectivity index (χ1) is 9.04. The monoisotopic (exact) mass is 269 g/mol. The molecule has 2 N–H and O–H groups in total. The lowest BCUT2D eigenvalue weighted by molar-refractivity contribution is -0.152. The SMILES string of the molecule is CCOC1CC(NCC(C)(O)CC)C12CCCCC2. The average molecular weight is 269 g/mol. The van der Waals surface area contributed by atoms with E-state index in [1.54, 1.807) is 0 Å². The summed E-state index contributed by atoms with van der Waals surface area (Å²) in [7, 11) is 0. The zero-order chi connectivity index (χ0) is 13.9. The minimum atomic E-state index is -0.577. The fraction of sp³-hybridized carbons (Fsp3) is 1.00. The van der Waals surface area contributed by atoms with Crippen LogP contribution in [0.5, 0.6) is 0 Å². The maximum absolute atomic E-state index is 10.2. The van der Waals surface area contributed by atoms with Gasteiger partial charge in [-0.15, -0.1) is 0 Å². The van der Waals surface area contributed by atoms with Gasteiger partial charge in [0.2, 0.25) is 0 Å². The summed E-state index contributed by atoms with van der Waals surface area (Å²) in [6.07, 6.45) is 9.01. The number of nitrogens with one attached hydrogen (secondary N) is 1. The van der Waals surface area contributed by atoms with Gasteiger partial charge in [-0.1, -0.05) is 26.2 Å². The van der Waals surface area contributed by atoms with Gasteiger partial charge in [0.15, 0.2) is 0 Å². The molecule has 3 nitrogen and oxygen atoms in total. The molecule has 112 valence electrons. The van der Waals surface area contributed by atoms with Gasteiger partial charge in [0, 0.05) is 24.6 Å². The van der Waals surface area contributed by atoms with Crippen molar-refractivity contribution in [2.75, 3.05) is 13.2 Å². The Bertz CT molecular complexity index is 284. The first kappa shape index (κ1) is 15.3. The van der Waals surface area contributed by atoms with Gasteiger partial charge >= 0.3 is 0 Å². The van der Waals surface area contributed by atoms with E-state index in [-0.39, 0.29) is 0 Å². The highest BCUT2D eigenvalue weighted by molar-refractivity contribution is 5.09. The molecule has 3 atom stereocenters.